The van der Waals surface area contributed by atoms with Gasteiger partial charge in [0.2, 0.25) is 5.88 Å². The van der Waals surface area contributed by atoms with Gasteiger partial charge in [0.05, 0.1) is 28.3 Å². The molecule has 0 radical (unpaired) electrons. The van der Waals surface area contributed by atoms with Crippen LogP contribution in [0.2, 0.25) is 0 Å². The van der Waals surface area contributed by atoms with E-state index in [1.807, 2.05) is 6.07 Å². The van der Waals surface area contributed by atoms with E-state index in [2.05, 4.69) is 15.1 Å². The third-order valence-corrected chi connectivity index (χ3v) is 9.41. The smallest absolute Gasteiger partial charge is 0.217 e. The molecule has 0 amide bonds. The lowest BCUT2D eigenvalue weighted by Gasteiger charge is -2.34. The number of anilines is 1. The molecular weight excluding hydrogens is 514 g/mol. The molecule has 2 aromatic heterocycles. The molecule has 0 spiro atoms. The fourth-order valence-corrected chi connectivity index (χ4v) is 7.63. The maximum atomic E-state index is 15.2. The molecule has 2 aromatic carbocycles. The predicted octanol–water partition coefficient (Wildman–Crippen LogP) is 4.31. The van der Waals surface area contributed by atoms with Crippen LogP contribution in [0.1, 0.15) is 32.1 Å². The Balaban J connectivity index is 1.25. The Morgan fingerprint density at radius 3 is 2.83 bits per heavy atom. The number of benzene rings is 2. The first-order valence-electron chi connectivity index (χ1n) is 14.3. The molecule has 10 heteroatoms. The van der Waals surface area contributed by atoms with Gasteiger partial charge in [0.15, 0.2) is 0 Å². The number of ether oxygens (including phenoxy) is 1. The van der Waals surface area contributed by atoms with Gasteiger partial charge in [0.1, 0.15) is 30.2 Å². The highest BCUT2D eigenvalue weighted by Gasteiger charge is 2.49. The van der Waals surface area contributed by atoms with Crippen molar-refractivity contribution in [3.8, 4) is 17.3 Å². The van der Waals surface area contributed by atoms with Crippen LogP contribution in [-0.2, 0) is 0 Å². The van der Waals surface area contributed by atoms with Crippen LogP contribution >= 0.6 is 0 Å². The van der Waals surface area contributed by atoms with E-state index in [4.69, 9.17) is 14.8 Å². The predicted molar refractivity (Wildman–Crippen MR) is 149 cm³/mol. The first-order chi connectivity index (χ1) is 19.5. The van der Waals surface area contributed by atoms with Crippen LogP contribution in [0.25, 0.3) is 27.4 Å². The molecule has 4 aliphatic heterocycles. The Bertz CT molecular complexity index is 1620. The number of aromatic nitrogens is 3. The van der Waals surface area contributed by atoms with Crippen LogP contribution < -0.4 is 15.0 Å². The summed E-state index contributed by atoms with van der Waals surface area (Å²) in [4.78, 5) is 9.54. The van der Waals surface area contributed by atoms with Crippen LogP contribution in [0.5, 0.6) is 11.6 Å². The van der Waals surface area contributed by atoms with E-state index in [1.54, 1.807) is 35.1 Å². The molecule has 4 aromatic rings. The molecule has 40 heavy (non-hydrogen) atoms. The number of rotatable bonds is 5. The zero-order chi connectivity index (χ0) is 27.0. The van der Waals surface area contributed by atoms with Crippen LogP contribution in [0, 0.1) is 5.82 Å². The van der Waals surface area contributed by atoms with Gasteiger partial charge in [-0.1, -0.05) is 12.1 Å². The standard InChI is InChI=1S/C30H32F2N6O2/c31-19-12-30(7-2-8-37(30)14-19)17-40-27-11-25-23(29(35-27)36-15-20-5-6-21(16-36)34-20)13-33-38(25)26-10-22(39)9-18-3-1-4-24(32)28(18)26/h1,3-4,9-11,13,19-21,34,39H,2,5-8,12,14-17H2/t19-,20?,21?,30+/m1/s1. The van der Waals surface area contributed by atoms with Crippen LogP contribution in [-0.4, -0.2) is 81.4 Å². The number of halogens is 2. The number of piperazine rings is 1. The summed E-state index contributed by atoms with van der Waals surface area (Å²) in [6, 6.07) is 10.6. The summed E-state index contributed by atoms with van der Waals surface area (Å²) >= 11 is 0. The summed E-state index contributed by atoms with van der Waals surface area (Å²) in [5, 5.41) is 20.7. The van der Waals surface area contributed by atoms with Gasteiger partial charge in [-0.15, -0.1) is 0 Å². The van der Waals surface area contributed by atoms with E-state index in [9.17, 15) is 9.50 Å². The Morgan fingerprint density at radius 2 is 1.98 bits per heavy atom. The van der Waals surface area contributed by atoms with Crippen molar-refractivity contribution < 1.29 is 18.6 Å². The summed E-state index contributed by atoms with van der Waals surface area (Å²) < 4.78 is 37.7. The van der Waals surface area contributed by atoms with Gasteiger partial charge < -0.3 is 20.1 Å². The number of nitrogens with one attached hydrogen (secondary N) is 1. The van der Waals surface area contributed by atoms with Gasteiger partial charge in [-0.2, -0.15) is 10.1 Å². The van der Waals surface area contributed by atoms with Gasteiger partial charge in [-0.3, -0.25) is 4.90 Å². The molecule has 6 heterocycles. The van der Waals surface area contributed by atoms with E-state index in [0.29, 0.717) is 54.0 Å². The molecule has 2 bridgehead atoms. The van der Waals surface area contributed by atoms with E-state index < -0.39 is 6.17 Å². The summed E-state index contributed by atoms with van der Waals surface area (Å²) in [5.41, 5.74) is 0.870. The van der Waals surface area contributed by atoms with E-state index in [0.717, 1.165) is 62.0 Å². The molecule has 4 fully saturated rings. The minimum absolute atomic E-state index is 0.0311. The average molecular weight is 547 g/mol. The number of aromatic hydroxyl groups is 1. The average Bonchev–Trinajstić information content (AvgIpc) is 3.68. The second-order valence-corrected chi connectivity index (χ2v) is 12.0. The molecule has 208 valence electrons. The topological polar surface area (TPSA) is 78.7 Å². The number of phenolic OH excluding ortho intramolecular Hbond substituents is 1. The lowest BCUT2D eigenvalue weighted by molar-refractivity contribution is 0.111. The molecule has 0 saturated carbocycles. The fourth-order valence-electron chi connectivity index (χ4n) is 7.63. The normalized spacial score (nSPS) is 28.1. The number of hydrogen-bond donors (Lipinski definition) is 2. The molecular formula is C30H32F2N6O2. The maximum Gasteiger partial charge on any atom is 0.217 e. The van der Waals surface area contributed by atoms with Gasteiger partial charge in [0.25, 0.3) is 0 Å². The van der Waals surface area contributed by atoms with Crippen LogP contribution in [0.15, 0.2) is 42.6 Å². The van der Waals surface area contributed by atoms with E-state index in [-0.39, 0.29) is 17.1 Å². The third-order valence-electron chi connectivity index (χ3n) is 9.41. The Labute approximate surface area is 230 Å². The second kappa shape index (κ2) is 9.01. The van der Waals surface area contributed by atoms with E-state index in [1.165, 1.54) is 6.07 Å². The maximum absolute atomic E-state index is 15.2. The first kappa shape index (κ1) is 24.3. The molecule has 0 aliphatic carbocycles. The lowest BCUT2D eigenvalue weighted by Crippen LogP contribution is -2.51. The zero-order valence-corrected chi connectivity index (χ0v) is 22.2. The Morgan fingerprint density at radius 1 is 1.12 bits per heavy atom. The number of nitrogens with zero attached hydrogens (tertiary/aromatic N) is 5. The van der Waals surface area contributed by atoms with Crippen molar-refractivity contribution >= 4 is 27.5 Å². The number of fused-ring (bicyclic) bond motifs is 5. The molecule has 2 N–H and O–H groups in total. The second-order valence-electron chi connectivity index (χ2n) is 12.0. The summed E-state index contributed by atoms with van der Waals surface area (Å²) in [5.74, 6) is 0.882. The van der Waals surface area contributed by atoms with Crippen molar-refractivity contribution in [2.24, 2.45) is 0 Å². The monoisotopic (exact) mass is 546 g/mol. The molecule has 4 atom stereocenters. The quantitative estimate of drug-likeness (QED) is 0.386. The van der Waals surface area contributed by atoms with Crippen molar-refractivity contribution in [3.05, 3.63) is 48.4 Å². The number of hydrogen-bond acceptors (Lipinski definition) is 7. The SMILES string of the molecule is Oc1cc(-n2ncc3c(N4CC5CCC(C4)N5)nc(OC[C@@]45CCCN4C[C@H](F)C5)cc32)c2c(F)cccc2c1. The highest BCUT2D eigenvalue weighted by molar-refractivity contribution is 5.96. The lowest BCUT2D eigenvalue weighted by atomic mass is 9.95. The van der Waals surface area contributed by atoms with Crippen molar-refractivity contribution in [1.29, 1.82) is 0 Å². The van der Waals surface area contributed by atoms with Crippen molar-refractivity contribution in [1.82, 2.24) is 25.0 Å². The molecule has 8 rings (SSSR count). The molecule has 4 aliphatic rings. The zero-order valence-electron chi connectivity index (χ0n) is 22.2. The third kappa shape index (κ3) is 3.83. The molecule has 4 saturated heterocycles. The van der Waals surface area contributed by atoms with Gasteiger partial charge in [0, 0.05) is 55.7 Å². The largest absolute Gasteiger partial charge is 0.508 e. The Kier molecular flexibility index (Phi) is 5.47. The number of pyridine rings is 1. The van der Waals surface area contributed by atoms with Crippen molar-refractivity contribution in [2.75, 3.05) is 37.7 Å². The van der Waals surface area contributed by atoms with Crippen LogP contribution in [0.4, 0.5) is 14.6 Å². The minimum atomic E-state index is -0.832. The highest BCUT2D eigenvalue weighted by Crippen LogP contribution is 2.41. The molecule has 8 nitrogen and oxygen atoms in total. The van der Waals surface area contributed by atoms with Crippen molar-refractivity contribution in [3.63, 3.8) is 0 Å². The molecule has 2 unspecified atom stereocenters. The van der Waals surface area contributed by atoms with Gasteiger partial charge >= 0.3 is 0 Å². The minimum Gasteiger partial charge on any atom is -0.508 e. The number of phenols is 1. The van der Waals surface area contributed by atoms with Gasteiger partial charge in [-0.05, 0) is 49.7 Å². The summed E-state index contributed by atoms with van der Waals surface area (Å²) in [7, 11) is 0. The van der Waals surface area contributed by atoms with E-state index >= 15 is 4.39 Å². The highest BCUT2D eigenvalue weighted by atomic mass is 19.1. The first-order valence-corrected chi connectivity index (χ1v) is 14.3. The number of alkyl halides is 1. The fraction of sp³-hybridized carbons (Fsp3) is 0.467. The summed E-state index contributed by atoms with van der Waals surface area (Å²) in [6.45, 7) is 3.40. The van der Waals surface area contributed by atoms with Crippen molar-refractivity contribution in [2.45, 2.75) is 55.9 Å². The van der Waals surface area contributed by atoms with Gasteiger partial charge in [-0.25, -0.2) is 13.5 Å². The van der Waals surface area contributed by atoms with Crippen LogP contribution in [0.3, 0.4) is 0 Å². The Hall–Kier alpha value is -3.50. The summed E-state index contributed by atoms with van der Waals surface area (Å²) in [6.07, 6.45) is 5.64.